The first-order valence-corrected chi connectivity index (χ1v) is 6.79. The van der Waals surface area contributed by atoms with E-state index in [1.54, 1.807) is 36.4 Å². The van der Waals surface area contributed by atoms with Gasteiger partial charge in [0, 0.05) is 24.2 Å². The zero-order valence-electron chi connectivity index (χ0n) is 11.7. The fourth-order valence-corrected chi connectivity index (χ4v) is 2.55. The third kappa shape index (κ3) is 2.54. The maximum atomic E-state index is 12.2. The number of phenols is 1. The molecule has 0 bridgehead atoms. The van der Waals surface area contributed by atoms with E-state index in [2.05, 4.69) is 4.98 Å². The van der Waals surface area contributed by atoms with Gasteiger partial charge in [-0.3, -0.25) is 4.79 Å². The van der Waals surface area contributed by atoms with Gasteiger partial charge in [-0.05, 0) is 24.1 Å². The lowest BCUT2D eigenvalue weighted by atomic mass is 9.99. The van der Waals surface area contributed by atoms with Gasteiger partial charge in [0.1, 0.15) is 5.75 Å². The quantitative estimate of drug-likeness (QED) is 0.939. The number of nitrogens with zero attached hydrogens (tertiary/aromatic N) is 2. The Balaban J connectivity index is 1.91. The summed E-state index contributed by atoms with van der Waals surface area (Å²) in [5, 5.41) is 9.93. The van der Waals surface area contributed by atoms with Crippen molar-refractivity contribution in [2.24, 2.45) is 0 Å². The Morgan fingerprint density at radius 2 is 2.14 bits per heavy atom. The van der Waals surface area contributed by atoms with E-state index < -0.39 is 0 Å². The molecule has 1 N–H and O–H groups in total. The summed E-state index contributed by atoms with van der Waals surface area (Å²) >= 11 is 0. The monoisotopic (exact) mass is 284 g/mol. The minimum Gasteiger partial charge on any atom is -0.508 e. The van der Waals surface area contributed by atoms with Gasteiger partial charge in [0.2, 0.25) is 11.8 Å². The Morgan fingerprint density at radius 1 is 1.29 bits per heavy atom. The Hall–Kier alpha value is -2.56. The highest BCUT2D eigenvalue weighted by molar-refractivity contribution is 5.96. The maximum absolute atomic E-state index is 12.2. The smallest absolute Gasteiger partial charge is 0.227 e. The molecule has 1 aromatic carbocycles. The van der Waals surface area contributed by atoms with E-state index in [-0.39, 0.29) is 11.7 Å². The maximum Gasteiger partial charge on any atom is 0.227 e. The second-order valence-corrected chi connectivity index (χ2v) is 4.96. The number of pyridine rings is 1. The van der Waals surface area contributed by atoms with Crippen LogP contribution in [0.1, 0.15) is 17.5 Å². The Kier molecular flexibility index (Phi) is 3.48. The van der Waals surface area contributed by atoms with Crippen molar-refractivity contribution in [2.75, 3.05) is 12.0 Å². The summed E-state index contributed by atoms with van der Waals surface area (Å²) in [5.41, 5.74) is 2.53. The summed E-state index contributed by atoms with van der Waals surface area (Å²) in [6.07, 6.45) is 2.69. The molecule has 108 valence electrons. The van der Waals surface area contributed by atoms with Crippen molar-refractivity contribution in [2.45, 2.75) is 19.4 Å². The van der Waals surface area contributed by atoms with Crippen molar-refractivity contribution >= 4 is 11.6 Å². The zero-order chi connectivity index (χ0) is 14.8. The number of hydrogen-bond donors (Lipinski definition) is 1. The van der Waals surface area contributed by atoms with E-state index in [4.69, 9.17) is 4.74 Å². The molecule has 2 aromatic rings. The Morgan fingerprint density at radius 3 is 2.86 bits per heavy atom. The molecule has 0 atom stereocenters. The number of carbonyl (C=O) groups excluding carboxylic acids is 1. The molecule has 2 heterocycles. The number of hydrogen-bond acceptors (Lipinski definition) is 4. The van der Waals surface area contributed by atoms with E-state index in [9.17, 15) is 9.90 Å². The fraction of sp³-hybridized carbons (Fsp3) is 0.250. The minimum atomic E-state index is 0.0592. The van der Waals surface area contributed by atoms with Crippen LogP contribution in [0.2, 0.25) is 0 Å². The van der Waals surface area contributed by atoms with E-state index >= 15 is 0 Å². The average Bonchev–Trinajstić information content (AvgIpc) is 2.51. The molecule has 1 aromatic heterocycles. The van der Waals surface area contributed by atoms with E-state index in [1.165, 1.54) is 0 Å². The molecule has 0 fully saturated rings. The Labute approximate surface area is 122 Å². The lowest BCUT2D eigenvalue weighted by Crippen LogP contribution is -2.34. The number of benzene rings is 1. The van der Waals surface area contributed by atoms with Crippen LogP contribution in [0, 0.1) is 0 Å². The second-order valence-electron chi connectivity index (χ2n) is 4.96. The molecule has 5 heteroatoms. The first kappa shape index (κ1) is 13.4. The summed E-state index contributed by atoms with van der Waals surface area (Å²) < 4.78 is 5.03. The molecule has 0 saturated heterocycles. The van der Waals surface area contributed by atoms with Gasteiger partial charge in [0.05, 0.1) is 19.3 Å². The summed E-state index contributed by atoms with van der Waals surface area (Å²) in [4.78, 5) is 18.0. The minimum absolute atomic E-state index is 0.0592. The highest BCUT2D eigenvalue weighted by atomic mass is 16.5. The topological polar surface area (TPSA) is 62.7 Å². The predicted molar refractivity (Wildman–Crippen MR) is 78.4 cm³/mol. The van der Waals surface area contributed by atoms with Crippen molar-refractivity contribution in [3.8, 4) is 11.6 Å². The van der Waals surface area contributed by atoms with Gasteiger partial charge in [-0.25, -0.2) is 4.98 Å². The van der Waals surface area contributed by atoms with Crippen LogP contribution in [-0.2, 0) is 17.8 Å². The molecule has 1 aliphatic rings. The lowest BCUT2D eigenvalue weighted by Gasteiger charge is -2.29. The van der Waals surface area contributed by atoms with Gasteiger partial charge in [0.25, 0.3) is 0 Å². The van der Waals surface area contributed by atoms with Crippen LogP contribution >= 0.6 is 0 Å². The largest absolute Gasteiger partial charge is 0.508 e. The number of amides is 1. The van der Waals surface area contributed by atoms with Gasteiger partial charge in [-0.15, -0.1) is 0 Å². The number of ether oxygens (including phenoxy) is 1. The first-order valence-electron chi connectivity index (χ1n) is 6.79. The highest BCUT2D eigenvalue weighted by Gasteiger charge is 2.25. The van der Waals surface area contributed by atoms with Crippen molar-refractivity contribution in [1.82, 2.24) is 4.98 Å². The summed E-state index contributed by atoms with van der Waals surface area (Å²) in [5.74, 6) is 0.850. The number of aromatic nitrogens is 1. The Bertz CT molecular complexity index is 668. The van der Waals surface area contributed by atoms with Crippen LogP contribution in [0.4, 0.5) is 5.69 Å². The average molecular weight is 284 g/mol. The molecular weight excluding hydrogens is 268 g/mol. The van der Waals surface area contributed by atoms with Gasteiger partial charge in [-0.2, -0.15) is 0 Å². The van der Waals surface area contributed by atoms with Crippen molar-refractivity contribution in [1.29, 1.82) is 0 Å². The molecule has 0 unspecified atom stereocenters. The van der Waals surface area contributed by atoms with Crippen molar-refractivity contribution in [3.05, 3.63) is 47.7 Å². The molecule has 0 saturated carbocycles. The summed E-state index contributed by atoms with van der Waals surface area (Å²) in [7, 11) is 1.56. The number of fused-ring (bicyclic) bond motifs is 1. The number of carbonyl (C=O) groups is 1. The van der Waals surface area contributed by atoms with Crippen molar-refractivity contribution < 1.29 is 14.6 Å². The number of rotatable bonds is 3. The van der Waals surface area contributed by atoms with Crippen LogP contribution in [0.3, 0.4) is 0 Å². The lowest BCUT2D eigenvalue weighted by molar-refractivity contribution is -0.119. The number of phenolic OH excluding ortho intramolecular Hbond substituents is 1. The van der Waals surface area contributed by atoms with Crippen LogP contribution in [-0.4, -0.2) is 23.1 Å². The zero-order valence-corrected chi connectivity index (χ0v) is 11.7. The molecule has 0 spiro atoms. The number of anilines is 1. The highest BCUT2D eigenvalue weighted by Crippen LogP contribution is 2.34. The molecule has 0 radical (unpaired) electrons. The molecule has 3 rings (SSSR count). The van der Waals surface area contributed by atoms with Crippen LogP contribution < -0.4 is 9.64 Å². The summed E-state index contributed by atoms with van der Waals surface area (Å²) in [6, 6.07) is 8.93. The molecule has 0 aliphatic carbocycles. The van der Waals surface area contributed by atoms with E-state index in [1.807, 2.05) is 12.1 Å². The SMILES string of the molecule is COc1ccc(CN2C(=O)CCc3c(O)cccc32)cn1. The molecule has 1 aliphatic heterocycles. The van der Waals surface area contributed by atoms with Crippen molar-refractivity contribution in [3.63, 3.8) is 0 Å². The first-order chi connectivity index (χ1) is 10.2. The molecule has 1 amide bonds. The predicted octanol–water partition coefficient (Wildman–Crippen LogP) is 2.28. The van der Waals surface area contributed by atoms with Crippen LogP contribution in [0.15, 0.2) is 36.5 Å². The summed E-state index contributed by atoms with van der Waals surface area (Å²) in [6.45, 7) is 0.437. The normalized spacial score (nSPS) is 14.0. The van der Waals surface area contributed by atoms with Gasteiger partial charge < -0.3 is 14.7 Å². The van der Waals surface area contributed by atoms with E-state index in [0.29, 0.717) is 25.3 Å². The van der Waals surface area contributed by atoms with Gasteiger partial charge in [0.15, 0.2) is 0 Å². The number of aromatic hydroxyl groups is 1. The van der Waals surface area contributed by atoms with Crippen LogP contribution in [0.25, 0.3) is 0 Å². The molecular formula is C16H16N2O3. The molecule has 5 nitrogen and oxygen atoms in total. The standard InChI is InChI=1S/C16H16N2O3/c1-21-15-7-5-11(9-17-15)10-18-13-3-2-4-14(19)12(13)6-8-16(18)20/h2-5,7,9,19H,6,8,10H2,1H3. The fourth-order valence-electron chi connectivity index (χ4n) is 2.55. The van der Waals surface area contributed by atoms with Gasteiger partial charge >= 0.3 is 0 Å². The second kappa shape index (κ2) is 5.44. The van der Waals surface area contributed by atoms with Gasteiger partial charge in [-0.1, -0.05) is 12.1 Å². The third-order valence-corrected chi connectivity index (χ3v) is 3.65. The van der Waals surface area contributed by atoms with Crippen LogP contribution in [0.5, 0.6) is 11.6 Å². The number of methoxy groups -OCH3 is 1. The molecule has 21 heavy (non-hydrogen) atoms. The van der Waals surface area contributed by atoms with E-state index in [0.717, 1.165) is 16.8 Å². The third-order valence-electron chi connectivity index (χ3n) is 3.65.